The lowest BCUT2D eigenvalue weighted by atomic mass is 10.1. The number of benzene rings is 1. The predicted molar refractivity (Wildman–Crippen MR) is 69.0 cm³/mol. The van der Waals surface area contributed by atoms with Crippen LogP contribution in [0, 0.1) is 17.0 Å². The van der Waals surface area contributed by atoms with Gasteiger partial charge >= 0.3 is 0 Å². The highest BCUT2D eigenvalue weighted by atomic mass is 16.6. The maximum atomic E-state index is 11.7. The number of non-ortho nitro benzene ring substituents is 1. The SMILES string of the molecule is Cc1cc([N+](=O)[O-])ccc1NC(=O)CCC1(C)N=N1. The van der Waals surface area contributed by atoms with Gasteiger partial charge < -0.3 is 5.32 Å². The second-order valence-corrected chi connectivity index (χ2v) is 4.72. The Labute approximate surface area is 109 Å². The molecule has 0 spiro atoms. The first-order valence-corrected chi connectivity index (χ1v) is 5.89. The third-order valence-electron chi connectivity index (χ3n) is 2.96. The molecule has 7 nitrogen and oxygen atoms in total. The van der Waals surface area contributed by atoms with Crippen LogP contribution in [-0.2, 0) is 4.79 Å². The topological polar surface area (TPSA) is 97.0 Å². The zero-order chi connectivity index (χ0) is 14.0. The largest absolute Gasteiger partial charge is 0.326 e. The van der Waals surface area contributed by atoms with Crippen LogP contribution in [0.25, 0.3) is 0 Å². The normalized spacial score (nSPS) is 15.1. The maximum Gasteiger partial charge on any atom is 0.269 e. The first-order chi connectivity index (χ1) is 8.89. The molecule has 1 aliphatic rings. The Morgan fingerprint density at radius 2 is 2.16 bits per heavy atom. The van der Waals surface area contributed by atoms with E-state index in [0.29, 0.717) is 24.1 Å². The number of hydrogen-bond acceptors (Lipinski definition) is 5. The van der Waals surface area contributed by atoms with Crippen molar-refractivity contribution in [1.29, 1.82) is 0 Å². The smallest absolute Gasteiger partial charge is 0.269 e. The van der Waals surface area contributed by atoms with Crippen LogP contribution in [0.4, 0.5) is 11.4 Å². The van der Waals surface area contributed by atoms with Gasteiger partial charge in [0.2, 0.25) is 5.91 Å². The van der Waals surface area contributed by atoms with Gasteiger partial charge in [-0.1, -0.05) is 0 Å². The van der Waals surface area contributed by atoms with E-state index in [1.807, 2.05) is 6.92 Å². The molecule has 1 aliphatic heterocycles. The minimum Gasteiger partial charge on any atom is -0.326 e. The lowest BCUT2D eigenvalue weighted by molar-refractivity contribution is -0.384. The lowest BCUT2D eigenvalue weighted by Gasteiger charge is -2.08. The summed E-state index contributed by atoms with van der Waals surface area (Å²) in [5.74, 6) is -0.143. The minimum atomic E-state index is -0.463. The van der Waals surface area contributed by atoms with Crippen LogP contribution in [0.1, 0.15) is 25.3 Å². The van der Waals surface area contributed by atoms with Gasteiger partial charge in [-0.05, 0) is 25.5 Å². The summed E-state index contributed by atoms with van der Waals surface area (Å²) in [6, 6.07) is 4.34. The summed E-state index contributed by atoms with van der Waals surface area (Å²) < 4.78 is 0. The van der Waals surface area contributed by atoms with Gasteiger partial charge in [0.1, 0.15) is 0 Å². The van der Waals surface area contributed by atoms with Crippen molar-refractivity contribution >= 4 is 17.3 Å². The molecular formula is C12H14N4O3. The third kappa shape index (κ3) is 3.34. The van der Waals surface area contributed by atoms with Crippen LogP contribution in [0.2, 0.25) is 0 Å². The van der Waals surface area contributed by atoms with E-state index >= 15 is 0 Å². The molecule has 0 saturated carbocycles. The summed E-state index contributed by atoms with van der Waals surface area (Å²) >= 11 is 0. The Bertz CT molecular complexity index is 562. The fraction of sp³-hybridized carbons (Fsp3) is 0.417. The molecule has 1 amide bonds. The number of nitro groups is 1. The van der Waals surface area contributed by atoms with Crippen LogP contribution in [0.15, 0.2) is 28.4 Å². The number of anilines is 1. The summed E-state index contributed by atoms with van der Waals surface area (Å²) in [6.45, 7) is 3.58. The van der Waals surface area contributed by atoms with E-state index < -0.39 is 4.92 Å². The second kappa shape index (κ2) is 4.75. The summed E-state index contributed by atoms with van der Waals surface area (Å²) in [5.41, 5.74) is 0.876. The van der Waals surface area contributed by atoms with E-state index in [4.69, 9.17) is 0 Å². The lowest BCUT2D eigenvalue weighted by Crippen LogP contribution is -2.16. The number of hydrogen-bond donors (Lipinski definition) is 1. The number of rotatable bonds is 5. The molecule has 0 bridgehead atoms. The number of carbonyl (C=O) groups is 1. The van der Waals surface area contributed by atoms with Gasteiger partial charge in [-0.25, -0.2) is 0 Å². The first kappa shape index (κ1) is 13.1. The molecule has 2 rings (SSSR count). The van der Waals surface area contributed by atoms with Crippen LogP contribution in [0.3, 0.4) is 0 Å². The van der Waals surface area contributed by atoms with Crippen molar-refractivity contribution in [2.75, 3.05) is 5.32 Å². The molecule has 7 heteroatoms. The number of aryl methyl sites for hydroxylation is 1. The van der Waals surface area contributed by atoms with Crippen LogP contribution >= 0.6 is 0 Å². The van der Waals surface area contributed by atoms with E-state index in [9.17, 15) is 14.9 Å². The van der Waals surface area contributed by atoms with Crippen molar-refractivity contribution in [3.8, 4) is 0 Å². The predicted octanol–water partition coefficient (Wildman–Crippen LogP) is 2.80. The molecular weight excluding hydrogens is 248 g/mol. The molecule has 0 aromatic heterocycles. The number of nitrogens with zero attached hydrogens (tertiary/aromatic N) is 3. The highest BCUT2D eigenvalue weighted by molar-refractivity contribution is 5.91. The number of nitro benzene ring substituents is 1. The Kier molecular flexibility index (Phi) is 3.28. The quantitative estimate of drug-likeness (QED) is 0.652. The van der Waals surface area contributed by atoms with Crippen LogP contribution in [-0.4, -0.2) is 16.5 Å². The van der Waals surface area contributed by atoms with E-state index in [1.54, 1.807) is 13.0 Å². The van der Waals surface area contributed by atoms with E-state index in [1.165, 1.54) is 12.1 Å². The van der Waals surface area contributed by atoms with Gasteiger partial charge in [0.05, 0.1) is 4.92 Å². The Morgan fingerprint density at radius 1 is 1.47 bits per heavy atom. The summed E-state index contributed by atoms with van der Waals surface area (Å²) in [5, 5.41) is 21.0. The van der Waals surface area contributed by atoms with Gasteiger partial charge in [0.25, 0.3) is 5.69 Å². The average molecular weight is 262 g/mol. The number of nitrogens with one attached hydrogen (secondary N) is 1. The van der Waals surface area contributed by atoms with Crippen molar-refractivity contribution in [1.82, 2.24) is 0 Å². The molecule has 1 N–H and O–H groups in total. The summed E-state index contributed by atoms with van der Waals surface area (Å²) in [6.07, 6.45) is 0.894. The van der Waals surface area contributed by atoms with Crippen LogP contribution < -0.4 is 5.32 Å². The van der Waals surface area contributed by atoms with E-state index in [-0.39, 0.29) is 17.3 Å². The highest BCUT2D eigenvalue weighted by Crippen LogP contribution is 2.32. The van der Waals surface area contributed by atoms with Crippen molar-refractivity contribution < 1.29 is 9.72 Å². The summed E-state index contributed by atoms with van der Waals surface area (Å²) in [7, 11) is 0. The Morgan fingerprint density at radius 3 is 2.68 bits per heavy atom. The van der Waals surface area contributed by atoms with Crippen LogP contribution in [0.5, 0.6) is 0 Å². The molecule has 0 atom stereocenters. The van der Waals surface area contributed by atoms with E-state index in [2.05, 4.69) is 15.5 Å². The molecule has 0 aliphatic carbocycles. The third-order valence-corrected chi connectivity index (χ3v) is 2.96. The molecule has 1 aromatic rings. The Balaban J connectivity index is 1.94. The average Bonchev–Trinajstić information content (AvgIpc) is 3.08. The molecule has 0 fully saturated rings. The van der Waals surface area contributed by atoms with Crippen molar-refractivity contribution in [3.05, 3.63) is 33.9 Å². The molecule has 19 heavy (non-hydrogen) atoms. The fourth-order valence-electron chi connectivity index (χ4n) is 1.65. The monoisotopic (exact) mass is 262 g/mol. The zero-order valence-electron chi connectivity index (χ0n) is 10.7. The molecule has 0 radical (unpaired) electrons. The number of amides is 1. The summed E-state index contributed by atoms with van der Waals surface area (Å²) in [4.78, 5) is 21.9. The van der Waals surface area contributed by atoms with Gasteiger partial charge in [-0.3, -0.25) is 14.9 Å². The highest BCUT2D eigenvalue weighted by Gasteiger charge is 2.33. The number of carbonyl (C=O) groups excluding carboxylic acids is 1. The van der Waals surface area contributed by atoms with Crippen molar-refractivity contribution in [3.63, 3.8) is 0 Å². The van der Waals surface area contributed by atoms with Gasteiger partial charge in [-0.15, -0.1) is 0 Å². The van der Waals surface area contributed by atoms with E-state index in [0.717, 1.165) is 0 Å². The van der Waals surface area contributed by atoms with Crippen molar-refractivity contribution in [2.45, 2.75) is 32.4 Å². The minimum absolute atomic E-state index is 0.0126. The van der Waals surface area contributed by atoms with Gasteiger partial charge in [0, 0.05) is 30.7 Å². The fourth-order valence-corrected chi connectivity index (χ4v) is 1.65. The Hall–Kier alpha value is -2.31. The first-order valence-electron chi connectivity index (χ1n) is 5.89. The second-order valence-electron chi connectivity index (χ2n) is 4.72. The standard InChI is InChI=1S/C12H14N4O3/c1-8-7-9(16(18)19)3-4-10(8)13-11(17)5-6-12(2)14-15-12/h3-4,7H,5-6H2,1-2H3,(H,13,17). The molecule has 0 unspecified atom stereocenters. The molecule has 1 heterocycles. The molecule has 0 saturated heterocycles. The van der Waals surface area contributed by atoms with Crippen molar-refractivity contribution in [2.24, 2.45) is 10.2 Å². The molecule has 1 aromatic carbocycles. The zero-order valence-corrected chi connectivity index (χ0v) is 10.7. The van der Waals surface area contributed by atoms with Gasteiger partial charge in [-0.2, -0.15) is 10.2 Å². The molecule has 100 valence electrons. The maximum absolute atomic E-state index is 11.7. The van der Waals surface area contributed by atoms with Gasteiger partial charge in [0.15, 0.2) is 5.66 Å².